The van der Waals surface area contributed by atoms with Gasteiger partial charge < -0.3 is 20.5 Å². The number of likely N-dealkylation sites (N-methyl/N-ethyl adjacent to an activating group) is 1. The molecule has 0 saturated heterocycles. The molecule has 3 aliphatic rings. The maximum absolute atomic E-state index is 14.0. The van der Waals surface area contributed by atoms with Gasteiger partial charge in [-0.1, -0.05) is 13.8 Å². The number of rotatable bonds is 7. The minimum Gasteiger partial charge on any atom is -0.358 e. The van der Waals surface area contributed by atoms with Crippen LogP contribution < -0.4 is 10.6 Å². The Kier molecular flexibility index (Phi) is 5.60. The molecular formula is C26H31FN4O2. The zero-order chi connectivity index (χ0) is 23.3. The number of halogens is 1. The van der Waals surface area contributed by atoms with Gasteiger partial charge in [-0.2, -0.15) is 0 Å². The minimum atomic E-state index is -0.365. The molecule has 3 N–H and O–H groups in total. The van der Waals surface area contributed by atoms with Crippen LogP contribution in [0.25, 0.3) is 11.1 Å². The molecule has 1 fully saturated rings. The zero-order valence-electron chi connectivity index (χ0n) is 19.5. The lowest BCUT2D eigenvalue weighted by Gasteiger charge is -2.18. The van der Waals surface area contributed by atoms with Gasteiger partial charge in [-0.3, -0.25) is 9.59 Å². The van der Waals surface area contributed by atoms with Crippen LogP contribution in [0.4, 0.5) is 10.1 Å². The molecule has 7 heteroatoms. The summed E-state index contributed by atoms with van der Waals surface area (Å²) < 4.78 is 14.0. The summed E-state index contributed by atoms with van der Waals surface area (Å²) in [6.07, 6.45) is 2.97. The summed E-state index contributed by atoms with van der Waals surface area (Å²) in [6, 6.07) is 4.40. The third kappa shape index (κ3) is 3.78. The second-order valence-electron chi connectivity index (χ2n) is 9.34. The topological polar surface area (TPSA) is 77.2 Å². The normalized spacial score (nSPS) is 21.4. The van der Waals surface area contributed by atoms with Gasteiger partial charge in [-0.15, -0.1) is 0 Å². The van der Waals surface area contributed by atoms with Crippen molar-refractivity contribution in [2.24, 2.45) is 5.92 Å². The molecule has 1 aromatic heterocycles. The van der Waals surface area contributed by atoms with E-state index in [1.165, 1.54) is 12.1 Å². The highest BCUT2D eigenvalue weighted by molar-refractivity contribution is 6.37. The van der Waals surface area contributed by atoms with E-state index in [0.29, 0.717) is 35.7 Å². The van der Waals surface area contributed by atoms with Gasteiger partial charge in [0.05, 0.1) is 11.1 Å². The van der Waals surface area contributed by atoms with E-state index in [9.17, 15) is 14.0 Å². The van der Waals surface area contributed by atoms with Crippen molar-refractivity contribution in [3.8, 4) is 0 Å². The van der Waals surface area contributed by atoms with E-state index in [-0.39, 0.29) is 23.5 Å². The number of anilines is 1. The van der Waals surface area contributed by atoms with E-state index >= 15 is 0 Å². The first-order valence-electron chi connectivity index (χ1n) is 12.0. The van der Waals surface area contributed by atoms with E-state index in [2.05, 4.69) is 34.4 Å². The number of aromatic amines is 1. The van der Waals surface area contributed by atoms with Crippen molar-refractivity contribution in [1.82, 2.24) is 15.2 Å². The number of aromatic nitrogens is 1. The quantitative estimate of drug-likeness (QED) is 0.551. The number of H-pyrrole nitrogens is 1. The van der Waals surface area contributed by atoms with E-state index in [1.54, 1.807) is 6.07 Å². The Bertz CT molecular complexity index is 1160. The summed E-state index contributed by atoms with van der Waals surface area (Å²) >= 11 is 0. The van der Waals surface area contributed by atoms with Gasteiger partial charge >= 0.3 is 0 Å². The number of amides is 2. The molecule has 2 aliphatic carbocycles. The van der Waals surface area contributed by atoms with E-state index < -0.39 is 0 Å². The first-order valence-corrected chi connectivity index (χ1v) is 12.0. The highest BCUT2D eigenvalue weighted by Crippen LogP contribution is 2.56. The number of hydrogen-bond acceptors (Lipinski definition) is 3. The Morgan fingerprint density at radius 3 is 2.70 bits per heavy atom. The first-order chi connectivity index (χ1) is 15.9. The Morgan fingerprint density at radius 1 is 1.24 bits per heavy atom. The Morgan fingerprint density at radius 2 is 2.00 bits per heavy atom. The van der Waals surface area contributed by atoms with E-state index in [4.69, 9.17) is 0 Å². The molecule has 2 heterocycles. The van der Waals surface area contributed by atoms with Gasteiger partial charge in [0, 0.05) is 35.7 Å². The van der Waals surface area contributed by atoms with Crippen LogP contribution >= 0.6 is 0 Å². The summed E-state index contributed by atoms with van der Waals surface area (Å²) in [5.74, 6) is 0.107. The maximum atomic E-state index is 14.0. The number of benzene rings is 1. The predicted molar refractivity (Wildman–Crippen MR) is 128 cm³/mol. The number of carbonyl (C=O) groups excluding carboxylic acids is 2. The van der Waals surface area contributed by atoms with Crippen LogP contribution in [0.2, 0.25) is 0 Å². The molecule has 2 aromatic rings. The van der Waals surface area contributed by atoms with Gasteiger partial charge in [0.25, 0.3) is 11.8 Å². The average molecular weight is 451 g/mol. The molecule has 174 valence electrons. The van der Waals surface area contributed by atoms with E-state index in [0.717, 1.165) is 60.6 Å². The lowest BCUT2D eigenvalue weighted by molar-refractivity contribution is -0.110. The van der Waals surface area contributed by atoms with Crippen molar-refractivity contribution in [3.63, 3.8) is 0 Å². The third-order valence-electron chi connectivity index (χ3n) is 7.38. The molecule has 6 nitrogen and oxygen atoms in total. The number of hydrogen-bond donors (Lipinski definition) is 3. The van der Waals surface area contributed by atoms with Crippen LogP contribution in [-0.4, -0.2) is 47.9 Å². The SMILES string of the molecule is CCN(CC)CCNC(=O)c1c(C)[nH]c2c1C(C1CC1)C/C2=C1/C(=O)Nc2ccc(F)cc21. The molecule has 33 heavy (non-hydrogen) atoms. The lowest BCUT2D eigenvalue weighted by atomic mass is 9.92. The first kappa shape index (κ1) is 21.9. The molecule has 1 atom stereocenters. The molecule has 1 unspecified atom stereocenters. The van der Waals surface area contributed by atoms with Gasteiger partial charge in [-0.25, -0.2) is 4.39 Å². The Balaban J connectivity index is 1.53. The number of fused-ring (bicyclic) bond motifs is 2. The van der Waals surface area contributed by atoms with Crippen molar-refractivity contribution in [3.05, 3.63) is 52.1 Å². The van der Waals surface area contributed by atoms with Crippen LogP contribution in [-0.2, 0) is 4.79 Å². The van der Waals surface area contributed by atoms with Crippen molar-refractivity contribution >= 4 is 28.6 Å². The van der Waals surface area contributed by atoms with Gasteiger partial charge in [0.1, 0.15) is 5.82 Å². The Labute approximate surface area is 193 Å². The summed E-state index contributed by atoms with van der Waals surface area (Å²) in [6.45, 7) is 9.48. The molecule has 0 radical (unpaired) electrons. The van der Waals surface area contributed by atoms with Gasteiger partial charge in [0.2, 0.25) is 0 Å². The number of nitrogens with one attached hydrogen (secondary N) is 3. The molecular weight excluding hydrogens is 419 g/mol. The highest BCUT2D eigenvalue weighted by Gasteiger charge is 2.45. The van der Waals surface area contributed by atoms with Crippen LogP contribution in [0.1, 0.15) is 71.9 Å². The fourth-order valence-corrected chi connectivity index (χ4v) is 5.49. The van der Waals surface area contributed by atoms with E-state index in [1.807, 2.05) is 6.92 Å². The fraction of sp³-hybridized carbons (Fsp3) is 0.462. The van der Waals surface area contributed by atoms with Gasteiger partial charge in [0.15, 0.2) is 0 Å². The highest BCUT2D eigenvalue weighted by atomic mass is 19.1. The molecule has 2 amide bonds. The van der Waals surface area contributed by atoms with Crippen LogP contribution in [0.15, 0.2) is 18.2 Å². The third-order valence-corrected chi connectivity index (χ3v) is 7.38. The second-order valence-corrected chi connectivity index (χ2v) is 9.34. The largest absolute Gasteiger partial charge is 0.358 e. The van der Waals surface area contributed by atoms with Crippen molar-refractivity contribution in [2.75, 3.05) is 31.5 Å². The Hall–Kier alpha value is -2.93. The second kappa shape index (κ2) is 8.45. The standard InChI is InChI=1S/C26H31FN4O2/c1-4-31(5-2)11-10-28-25(32)21-14(3)29-24-19(13-17(23(21)24)15-6-7-15)22-18-12-16(27)8-9-20(18)30-26(22)33/h8-9,12,15,17,29H,4-7,10-11,13H2,1-3H3,(H,28,32)(H,30,33)/b22-19-. The van der Waals surface area contributed by atoms with Gasteiger partial charge in [-0.05, 0) is 80.4 Å². The monoisotopic (exact) mass is 450 g/mol. The molecule has 0 spiro atoms. The molecule has 5 rings (SSSR count). The number of carbonyl (C=O) groups is 2. The van der Waals surface area contributed by atoms with Crippen molar-refractivity contribution in [2.45, 2.75) is 46.0 Å². The molecule has 1 aromatic carbocycles. The lowest BCUT2D eigenvalue weighted by Crippen LogP contribution is -2.35. The van der Waals surface area contributed by atoms with Crippen LogP contribution in [0.3, 0.4) is 0 Å². The average Bonchev–Trinajstić information content (AvgIpc) is 3.40. The molecule has 1 aliphatic heterocycles. The van der Waals surface area contributed by atoms with Crippen molar-refractivity contribution < 1.29 is 14.0 Å². The number of nitrogens with zero attached hydrogens (tertiary/aromatic N) is 1. The van der Waals surface area contributed by atoms with Crippen LogP contribution in [0.5, 0.6) is 0 Å². The number of aryl methyl sites for hydroxylation is 1. The minimum absolute atomic E-state index is 0.0589. The molecule has 0 bridgehead atoms. The zero-order valence-corrected chi connectivity index (χ0v) is 19.5. The number of allylic oxidation sites excluding steroid dienone is 1. The smallest absolute Gasteiger partial charge is 0.256 e. The summed E-state index contributed by atoms with van der Waals surface area (Å²) in [5.41, 5.74) is 6.12. The summed E-state index contributed by atoms with van der Waals surface area (Å²) in [4.78, 5) is 31.9. The van der Waals surface area contributed by atoms with Crippen LogP contribution in [0, 0.1) is 18.7 Å². The molecule has 1 saturated carbocycles. The summed E-state index contributed by atoms with van der Waals surface area (Å²) in [5, 5.41) is 5.98. The maximum Gasteiger partial charge on any atom is 0.256 e. The summed E-state index contributed by atoms with van der Waals surface area (Å²) in [7, 11) is 0. The predicted octanol–water partition coefficient (Wildman–Crippen LogP) is 4.29. The fourth-order valence-electron chi connectivity index (χ4n) is 5.49. The van der Waals surface area contributed by atoms with Crippen molar-refractivity contribution in [1.29, 1.82) is 0 Å².